The van der Waals surface area contributed by atoms with E-state index in [-0.39, 0.29) is 18.2 Å². The fraction of sp³-hybridized carbons (Fsp3) is 0.667. The van der Waals surface area contributed by atoms with Gasteiger partial charge in [0, 0.05) is 17.9 Å². The van der Waals surface area contributed by atoms with Gasteiger partial charge in [0.25, 0.3) is 0 Å². The van der Waals surface area contributed by atoms with Crippen LogP contribution in [0.4, 0.5) is 0 Å². The highest BCUT2D eigenvalue weighted by Gasteiger charge is 2.45. The van der Waals surface area contributed by atoms with E-state index in [0.717, 1.165) is 12.2 Å². The minimum atomic E-state index is -0.518. The van der Waals surface area contributed by atoms with Crippen molar-refractivity contribution in [2.75, 3.05) is 6.61 Å². The van der Waals surface area contributed by atoms with E-state index in [1.54, 1.807) is 6.92 Å². The number of nitriles is 1. The first-order valence-corrected chi connectivity index (χ1v) is 7.02. The van der Waals surface area contributed by atoms with Gasteiger partial charge >= 0.3 is 5.70 Å². The number of rotatable bonds is 4. The first kappa shape index (κ1) is 15.4. The summed E-state index contributed by atoms with van der Waals surface area (Å²) in [6, 6.07) is 2.16. The summed E-state index contributed by atoms with van der Waals surface area (Å²) in [5.74, 6) is 1.56. The van der Waals surface area contributed by atoms with Gasteiger partial charge in [-0.3, -0.25) is 10.1 Å². The molecular weight excluding hydrogens is 272 g/mol. The molecule has 1 heterocycles. The van der Waals surface area contributed by atoms with E-state index in [0.29, 0.717) is 23.7 Å². The van der Waals surface area contributed by atoms with Crippen molar-refractivity contribution >= 4 is 0 Å². The Morgan fingerprint density at radius 1 is 1.52 bits per heavy atom. The zero-order valence-corrected chi connectivity index (χ0v) is 12.8. The Morgan fingerprint density at radius 3 is 2.71 bits per heavy atom. The van der Waals surface area contributed by atoms with Crippen LogP contribution in [0.3, 0.4) is 0 Å². The molecule has 2 unspecified atom stereocenters. The van der Waals surface area contributed by atoms with Gasteiger partial charge in [-0.05, 0) is 40.0 Å². The minimum absolute atomic E-state index is 0.0383. The van der Waals surface area contributed by atoms with Crippen LogP contribution in [0.2, 0.25) is 0 Å². The van der Waals surface area contributed by atoms with Crippen molar-refractivity contribution in [1.29, 1.82) is 5.26 Å². The Balaban J connectivity index is 2.32. The first-order chi connectivity index (χ1) is 9.74. The van der Waals surface area contributed by atoms with Crippen LogP contribution in [0.25, 0.3) is 0 Å². The van der Waals surface area contributed by atoms with Crippen LogP contribution in [0, 0.1) is 33.3 Å². The van der Waals surface area contributed by atoms with E-state index in [1.807, 2.05) is 20.8 Å². The summed E-state index contributed by atoms with van der Waals surface area (Å²) in [7, 11) is 0. The van der Waals surface area contributed by atoms with E-state index in [1.165, 1.54) is 0 Å². The molecule has 2 atom stereocenters. The number of nitrogens with zero attached hydrogens (tertiary/aromatic N) is 2. The number of hydrogen-bond acceptors (Lipinski definition) is 5. The Hall–Kier alpha value is -2.03. The van der Waals surface area contributed by atoms with Gasteiger partial charge in [-0.2, -0.15) is 5.26 Å². The zero-order valence-electron chi connectivity index (χ0n) is 12.8. The fourth-order valence-electron chi connectivity index (χ4n) is 2.52. The molecule has 6 nitrogen and oxygen atoms in total. The molecule has 0 bridgehead atoms. The van der Waals surface area contributed by atoms with Crippen molar-refractivity contribution in [3.63, 3.8) is 0 Å². The molecule has 1 saturated carbocycles. The molecule has 0 aromatic rings. The van der Waals surface area contributed by atoms with Crippen molar-refractivity contribution in [1.82, 2.24) is 0 Å². The molecule has 0 radical (unpaired) electrons. The third kappa shape index (κ3) is 3.35. The van der Waals surface area contributed by atoms with Crippen LogP contribution >= 0.6 is 0 Å². The summed E-state index contributed by atoms with van der Waals surface area (Å²) in [4.78, 5) is 10.7. The molecule has 1 fully saturated rings. The van der Waals surface area contributed by atoms with Crippen molar-refractivity contribution in [3.05, 3.63) is 32.9 Å². The summed E-state index contributed by atoms with van der Waals surface area (Å²) in [6.07, 6.45) is 1.39. The third-order valence-corrected chi connectivity index (χ3v) is 3.58. The molecule has 1 aliphatic carbocycles. The molecule has 2 rings (SSSR count). The number of ether oxygens (including phenoxy) is 2. The Bertz CT molecular complexity index is 563. The summed E-state index contributed by atoms with van der Waals surface area (Å²) in [6.45, 7) is 7.28. The smallest absolute Gasteiger partial charge is 0.325 e. The lowest BCUT2D eigenvalue weighted by Gasteiger charge is -2.27. The zero-order chi connectivity index (χ0) is 15.8. The summed E-state index contributed by atoms with van der Waals surface area (Å²) >= 11 is 0. The van der Waals surface area contributed by atoms with Crippen LogP contribution in [0.15, 0.2) is 22.8 Å². The molecular formula is C15H20N2O4. The van der Waals surface area contributed by atoms with E-state index in [9.17, 15) is 10.1 Å². The Kier molecular flexibility index (Phi) is 3.95. The predicted octanol–water partition coefficient (Wildman–Crippen LogP) is 3.14. The maximum Gasteiger partial charge on any atom is 0.325 e. The molecule has 2 aliphatic rings. The van der Waals surface area contributed by atoms with Crippen LogP contribution in [-0.2, 0) is 9.47 Å². The molecule has 114 valence electrons. The largest absolute Gasteiger partial charge is 0.486 e. The van der Waals surface area contributed by atoms with Crippen molar-refractivity contribution in [2.45, 2.75) is 46.1 Å². The van der Waals surface area contributed by atoms with Crippen LogP contribution < -0.4 is 0 Å². The van der Waals surface area contributed by atoms with Crippen LogP contribution in [0.5, 0.6) is 0 Å². The lowest BCUT2D eigenvalue weighted by atomic mass is 10.1. The van der Waals surface area contributed by atoms with Crippen LogP contribution in [-0.4, -0.2) is 17.1 Å². The molecule has 21 heavy (non-hydrogen) atoms. The second-order valence-corrected chi connectivity index (χ2v) is 6.49. The maximum absolute atomic E-state index is 11.2. The highest BCUT2D eigenvalue weighted by molar-refractivity contribution is 5.35. The van der Waals surface area contributed by atoms with Crippen LogP contribution in [0.1, 0.15) is 40.5 Å². The minimum Gasteiger partial charge on any atom is -0.486 e. The number of allylic oxidation sites excluding steroid dienone is 2. The first-order valence-electron chi connectivity index (χ1n) is 7.02. The van der Waals surface area contributed by atoms with Crippen molar-refractivity contribution in [3.8, 4) is 6.07 Å². The summed E-state index contributed by atoms with van der Waals surface area (Å²) in [5, 5.41) is 19.9. The summed E-state index contributed by atoms with van der Waals surface area (Å²) < 4.78 is 11.4. The molecule has 1 aliphatic heterocycles. The fourth-order valence-corrected chi connectivity index (χ4v) is 2.52. The molecule has 0 spiro atoms. The average Bonchev–Trinajstić information content (AvgIpc) is 3.09. The van der Waals surface area contributed by atoms with Gasteiger partial charge in [0.2, 0.25) is 5.76 Å². The molecule has 6 heteroatoms. The molecule has 0 amide bonds. The Morgan fingerprint density at radius 2 is 2.19 bits per heavy atom. The SMILES string of the molecule is CC1=C(C2CC2CC#N)OCC([N+](=O)[O-])=C1OC(C)(C)C. The van der Waals surface area contributed by atoms with Gasteiger partial charge < -0.3 is 9.47 Å². The maximum atomic E-state index is 11.2. The highest BCUT2D eigenvalue weighted by Crippen LogP contribution is 2.49. The molecule has 0 N–H and O–H groups in total. The van der Waals surface area contributed by atoms with E-state index in [4.69, 9.17) is 14.7 Å². The monoisotopic (exact) mass is 292 g/mol. The average molecular weight is 292 g/mol. The highest BCUT2D eigenvalue weighted by atomic mass is 16.6. The summed E-state index contributed by atoms with van der Waals surface area (Å²) in [5.41, 5.74) is 0.132. The lowest BCUT2D eigenvalue weighted by Crippen LogP contribution is -2.26. The second-order valence-electron chi connectivity index (χ2n) is 6.49. The number of hydrogen-bond donors (Lipinski definition) is 0. The van der Waals surface area contributed by atoms with E-state index in [2.05, 4.69) is 6.07 Å². The van der Waals surface area contributed by atoms with Crippen molar-refractivity contribution in [2.24, 2.45) is 11.8 Å². The Labute approximate surface area is 124 Å². The van der Waals surface area contributed by atoms with Gasteiger partial charge in [0.15, 0.2) is 6.61 Å². The predicted molar refractivity (Wildman–Crippen MR) is 75.3 cm³/mol. The number of nitro groups is 1. The quantitative estimate of drug-likeness (QED) is 0.587. The second kappa shape index (κ2) is 5.40. The van der Waals surface area contributed by atoms with E-state index < -0.39 is 10.5 Å². The molecule has 0 aromatic carbocycles. The van der Waals surface area contributed by atoms with Crippen molar-refractivity contribution < 1.29 is 14.4 Å². The van der Waals surface area contributed by atoms with Gasteiger partial charge in [0.05, 0.1) is 11.0 Å². The molecule has 0 aromatic heterocycles. The normalized spacial score (nSPS) is 25.3. The van der Waals surface area contributed by atoms with Gasteiger partial charge in [-0.1, -0.05) is 0 Å². The van der Waals surface area contributed by atoms with E-state index >= 15 is 0 Å². The lowest BCUT2D eigenvalue weighted by molar-refractivity contribution is -0.434. The van der Waals surface area contributed by atoms with Gasteiger partial charge in [-0.25, -0.2) is 0 Å². The molecule has 0 saturated heterocycles. The van der Waals surface area contributed by atoms with Gasteiger partial charge in [0.1, 0.15) is 11.4 Å². The standard InChI is InChI=1S/C15H20N2O4/c1-9-13(11-7-10(11)5-6-16)20-8-12(17(18)19)14(9)21-15(2,3)4/h10-11H,5,7-8H2,1-4H3. The topological polar surface area (TPSA) is 85.4 Å². The third-order valence-electron chi connectivity index (χ3n) is 3.58. The van der Waals surface area contributed by atoms with Gasteiger partial charge in [-0.15, -0.1) is 0 Å².